The number of rotatable bonds is 5. The van der Waals surface area contributed by atoms with Crippen LogP contribution in [-0.4, -0.2) is 30.4 Å². The number of alkyl halides is 1. The lowest BCUT2D eigenvalue weighted by Gasteiger charge is -2.41. The van der Waals surface area contributed by atoms with Gasteiger partial charge in [0, 0.05) is 12.4 Å². The van der Waals surface area contributed by atoms with Crippen LogP contribution in [-0.2, 0) is 0 Å². The van der Waals surface area contributed by atoms with Crippen LogP contribution in [0.1, 0.15) is 46.5 Å². The average molecular weight is 232 g/mol. The Bertz CT molecular complexity index is 167. The molecule has 90 valence electrons. The maximum atomic E-state index is 5.86. The van der Waals surface area contributed by atoms with Gasteiger partial charge in [0.25, 0.3) is 0 Å². The van der Waals surface area contributed by atoms with Crippen molar-refractivity contribution in [2.75, 3.05) is 25.5 Å². The average Bonchev–Trinajstić information content (AvgIpc) is 2.30. The van der Waals surface area contributed by atoms with Crippen LogP contribution in [0.4, 0.5) is 0 Å². The molecule has 1 rings (SSSR count). The van der Waals surface area contributed by atoms with E-state index < -0.39 is 0 Å². The van der Waals surface area contributed by atoms with Gasteiger partial charge in [0.2, 0.25) is 0 Å². The first-order chi connectivity index (χ1) is 7.15. The number of piperidine rings is 1. The molecule has 15 heavy (non-hydrogen) atoms. The van der Waals surface area contributed by atoms with Gasteiger partial charge in [-0.25, -0.2) is 0 Å². The first kappa shape index (κ1) is 13.3. The van der Waals surface area contributed by atoms with Crippen molar-refractivity contribution in [2.24, 2.45) is 11.3 Å². The summed E-state index contributed by atoms with van der Waals surface area (Å²) < 4.78 is 0. The predicted molar refractivity (Wildman–Crippen MR) is 68.6 cm³/mol. The van der Waals surface area contributed by atoms with E-state index in [9.17, 15) is 0 Å². The van der Waals surface area contributed by atoms with Crippen LogP contribution in [0.2, 0.25) is 0 Å². The van der Waals surface area contributed by atoms with Gasteiger partial charge in [-0.3, -0.25) is 0 Å². The highest BCUT2D eigenvalue weighted by Crippen LogP contribution is 2.37. The Morgan fingerprint density at radius 2 is 1.73 bits per heavy atom. The Balaban J connectivity index is 2.35. The van der Waals surface area contributed by atoms with E-state index in [2.05, 4.69) is 25.7 Å². The molecule has 0 saturated carbocycles. The number of halogens is 1. The molecule has 1 heterocycles. The summed E-state index contributed by atoms with van der Waals surface area (Å²) in [5.74, 6) is 1.44. The fraction of sp³-hybridized carbons (Fsp3) is 1.00. The van der Waals surface area contributed by atoms with Crippen molar-refractivity contribution in [3.8, 4) is 0 Å². The van der Waals surface area contributed by atoms with E-state index in [1.807, 2.05) is 0 Å². The molecule has 0 spiro atoms. The zero-order chi connectivity index (χ0) is 11.3. The minimum Gasteiger partial charge on any atom is -0.303 e. The summed E-state index contributed by atoms with van der Waals surface area (Å²) in [5, 5.41) is 0. The van der Waals surface area contributed by atoms with Crippen LogP contribution in [0.15, 0.2) is 0 Å². The molecule has 1 saturated heterocycles. The number of likely N-dealkylation sites (tertiary alicyclic amines) is 1. The minimum atomic E-state index is 0.641. The van der Waals surface area contributed by atoms with Crippen LogP contribution in [0.5, 0.6) is 0 Å². The summed E-state index contributed by atoms with van der Waals surface area (Å²) in [6, 6.07) is 0. The summed E-state index contributed by atoms with van der Waals surface area (Å²) in [4.78, 5) is 2.59. The minimum absolute atomic E-state index is 0.641. The SMILES string of the molecule is CCC1(CC)CCN(CC(C)CCl)CC1. The molecule has 0 aromatic rings. The van der Waals surface area contributed by atoms with Crippen molar-refractivity contribution in [2.45, 2.75) is 46.5 Å². The third-order valence-corrected chi connectivity index (χ3v) is 4.78. The zero-order valence-electron chi connectivity index (χ0n) is 10.6. The topological polar surface area (TPSA) is 3.24 Å². The highest BCUT2D eigenvalue weighted by Gasteiger charge is 2.31. The molecule has 1 aliphatic rings. The molecule has 1 atom stereocenters. The maximum absolute atomic E-state index is 5.86. The first-order valence-electron chi connectivity index (χ1n) is 6.44. The Morgan fingerprint density at radius 1 is 1.20 bits per heavy atom. The van der Waals surface area contributed by atoms with Crippen LogP contribution in [0.25, 0.3) is 0 Å². The van der Waals surface area contributed by atoms with Gasteiger partial charge in [-0.1, -0.05) is 33.6 Å². The molecule has 1 nitrogen and oxygen atoms in total. The number of hydrogen-bond acceptors (Lipinski definition) is 1. The lowest BCUT2D eigenvalue weighted by Crippen LogP contribution is -2.41. The Labute approximate surface area is 100 Å². The van der Waals surface area contributed by atoms with Crippen LogP contribution >= 0.6 is 11.6 Å². The van der Waals surface area contributed by atoms with Gasteiger partial charge < -0.3 is 4.90 Å². The van der Waals surface area contributed by atoms with Gasteiger partial charge in [0.15, 0.2) is 0 Å². The van der Waals surface area contributed by atoms with E-state index in [0.29, 0.717) is 11.3 Å². The fourth-order valence-corrected chi connectivity index (χ4v) is 2.75. The molecule has 0 radical (unpaired) electrons. The fourth-order valence-electron chi connectivity index (χ4n) is 2.66. The van der Waals surface area contributed by atoms with Crippen molar-refractivity contribution in [1.82, 2.24) is 4.90 Å². The van der Waals surface area contributed by atoms with Gasteiger partial charge in [-0.15, -0.1) is 11.6 Å². The molecule has 0 N–H and O–H groups in total. The zero-order valence-corrected chi connectivity index (χ0v) is 11.3. The molecule has 1 fully saturated rings. The second-order valence-electron chi connectivity index (χ2n) is 5.27. The van der Waals surface area contributed by atoms with Crippen LogP contribution < -0.4 is 0 Å². The molecule has 2 heteroatoms. The molecule has 1 aliphatic heterocycles. The second kappa shape index (κ2) is 6.10. The Morgan fingerprint density at radius 3 is 2.13 bits per heavy atom. The smallest absolute Gasteiger partial charge is 0.0261 e. The number of hydrogen-bond donors (Lipinski definition) is 0. The third kappa shape index (κ3) is 3.64. The Kier molecular flexibility index (Phi) is 5.42. The largest absolute Gasteiger partial charge is 0.303 e. The number of nitrogens with zero attached hydrogens (tertiary/aromatic N) is 1. The molecule has 0 amide bonds. The van der Waals surface area contributed by atoms with E-state index in [4.69, 9.17) is 11.6 Å². The van der Waals surface area contributed by atoms with E-state index in [1.165, 1.54) is 45.3 Å². The summed E-state index contributed by atoms with van der Waals surface area (Å²) in [5.41, 5.74) is 0.653. The maximum Gasteiger partial charge on any atom is 0.0261 e. The quantitative estimate of drug-likeness (QED) is 0.652. The highest BCUT2D eigenvalue weighted by molar-refractivity contribution is 6.18. The molecule has 1 unspecified atom stereocenters. The summed E-state index contributed by atoms with van der Waals surface area (Å²) >= 11 is 5.86. The molecule has 0 aromatic heterocycles. The van der Waals surface area contributed by atoms with Gasteiger partial charge >= 0.3 is 0 Å². The standard InChI is InChI=1S/C13H26ClN/c1-4-13(5-2)6-8-15(9-7-13)11-12(3)10-14/h12H,4-11H2,1-3H3. The summed E-state index contributed by atoms with van der Waals surface area (Å²) in [6.45, 7) is 10.7. The second-order valence-corrected chi connectivity index (χ2v) is 5.58. The van der Waals surface area contributed by atoms with Crippen molar-refractivity contribution in [1.29, 1.82) is 0 Å². The lowest BCUT2D eigenvalue weighted by atomic mass is 9.74. The monoisotopic (exact) mass is 231 g/mol. The van der Waals surface area contributed by atoms with Crippen molar-refractivity contribution >= 4 is 11.6 Å². The van der Waals surface area contributed by atoms with E-state index in [1.54, 1.807) is 0 Å². The molecule has 0 aromatic carbocycles. The predicted octanol–water partition coefficient (Wildman–Crippen LogP) is 3.76. The van der Waals surface area contributed by atoms with Crippen LogP contribution in [0, 0.1) is 11.3 Å². The summed E-state index contributed by atoms with van der Waals surface area (Å²) in [7, 11) is 0. The normalized spacial score (nSPS) is 24.0. The Hall–Kier alpha value is 0.250. The van der Waals surface area contributed by atoms with E-state index in [-0.39, 0.29) is 0 Å². The van der Waals surface area contributed by atoms with Crippen LogP contribution in [0.3, 0.4) is 0 Å². The summed E-state index contributed by atoms with van der Waals surface area (Å²) in [6.07, 6.45) is 5.47. The molecule has 0 bridgehead atoms. The van der Waals surface area contributed by atoms with E-state index in [0.717, 1.165) is 5.88 Å². The van der Waals surface area contributed by atoms with E-state index >= 15 is 0 Å². The van der Waals surface area contributed by atoms with Gasteiger partial charge in [-0.2, -0.15) is 0 Å². The van der Waals surface area contributed by atoms with Gasteiger partial charge in [0.05, 0.1) is 0 Å². The molecular formula is C13H26ClN. The van der Waals surface area contributed by atoms with Crippen molar-refractivity contribution in [3.63, 3.8) is 0 Å². The molecule has 0 aliphatic carbocycles. The lowest BCUT2D eigenvalue weighted by molar-refractivity contribution is 0.0881. The third-order valence-electron chi connectivity index (χ3n) is 4.25. The molecular weight excluding hydrogens is 206 g/mol. The van der Waals surface area contributed by atoms with Gasteiger partial charge in [-0.05, 0) is 37.3 Å². The van der Waals surface area contributed by atoms with Crippen molar-refractivity contribution in [3.05, 3.63) is 0 Å². The first-order valence-corrected chi connectivity index (χ1v) is 6.97. The van der Waals surface area contributed by atoms with Gasteiger partial charge in [0.1, 0.15) is 0 Å². The highest BCUT2D eigenvalue weighted by atomic mass is 35.5. The van der Waals surface area contributed by atoms with Crippen molar-refractivity contribution < 1.29 is 0 Å².